The molecule has 0 saturated heterocycles. The summed E-state index contributed by atoms with van der Waals surface area (Å²) in [6.45, 7) is 2.98. The number of methoxy groups -OCH3 is 2. The third-order valence-electron chi connectivity index (χ3n) is 4.88. The van der Waals surface area contributed by atoms with Crippen LogP contribution in [-0.4, -0.2) is 26.7 Å². The highest BCUT2D eigenvalue weighted by atomic mass is 79.9. The molecule has 168 valence electrons. The van der Waals surface area contributed by atoms with Gasteiger partial charge in [-0.1, -0.05) is 51.8 Å². The van der Waals surface area contributed by atoms with Crippen molar-refractivity contribution in [2.75, 3.05) is 26.1 Å². The predicted molar refractivity (Wildman–Crippen MR) is 130 cm³/mol. The van der Waals surface area contributed by atoms with Gasteiger partial charge in [-0.3, -0.25) is 4.79 Å². The van der Waals surface area contributed by atoms with Gasteiger partial charge < -0.3 is 24.8 Å². The molecule has 0 radical (unpaired) electrons. The number of carbonyl (C=O) groups is 1. The van der Waals surface area contributed by atoms with Gasteiger partial charge in [0.25, 0.3) is 5.91 Å². The number of hydrogen-bond acceptors (Lipinski definition) is 5. The molecule has 0 saturated carbocycles. The fraction of sp³-hybridized carbons (Fsp3) is 0.240. The highest BCUT2D eigenvalue weighted by molar-refractivity contribution is 9.10. The number of nitrogens with one attached hydrogen (secondary N) is 2. The van der Waals surface area contributed by atoms with Crippen molar-refractivity contribution in [2.24, 2.45) is 0 Å². The predicted octanol–water partition coefficient (Wildman–Crippen LogP) is 5.08. The van der Waals surface area contributed by atoms with Gasteiger partial charge in [0.15, 0.2) is 18.1 Å². The first-order chi connectivity index (χ1) is 15.5. The van der Waals surface area contributed by atoms with Gasteiger partial charge in [-0.2, -0.15) is 0 Å². The number of ether oxygens (including phenoxy) is 3. The number of anilines is 1. The van der Waals surface area contributed by atoms with Crippen molar-refractivity contribution in [1.29, 1.82) is 0 Å². The molecule has 0 heterocycles. The van der Waals surface area contributed by atoms with E-state index < -0.39 is 0 Å². The fourth-order valence-electron chi connectivity index (χ4n) is 3.21. The maximum Gasteiger partial charge on any atom is 0.262 e. The Morgan fingerprint density at radius 2 is 1.62 bits per heavy atom. The van der Waals surface area contributed by atoms with Crippen LogP contribution in [-0.2, 0) is 17.9 Å². The Balaban J connectivity index is 1.68. The number of amides is 1. The minimum absolute atomic E-state index is 0.139. The number of aryl methyl sites for hydroxylation is 1. The van der Waals surface area contributed by atoms with E-state index in [0.717, 1.165) is 32.6 Å². The zero-order chi connectivity index (χ0) is 22.9. The van der Waals surface area contributed by atoms with Gasteiger partial charge in [0.2, 0.25) is 0 Å². The van der Waals surface area contributed by atoms with Gasteiger partial charge in [0, 0.05) is 34.4 Å². The first-order valence-corrected chi connectivity index (χ1v) is 11.0. The molecule has 3 rings (SSSR count). The molecule has 0 atom stereocenters. The molecular weight excluding hydrogens is 472 g/mol. The molecule has 7 heteroatoms. The van der Waals surface area contributed by atoms with Crippen molar-refractivity contribution in [3.05, 3.63) is 81.8 Å². The maximum atomic E-state index is 12.4. The Hall–Kier alpha value is -3.03. The number of rotatable bonds is 10. The Morgan fingerprint density at radius 3 is 2.34 bits per heavy atom. The average molecular weight is 499 g/mol. The summed E-state index contributed by atoms with van der Waals surface area (Å²) in [6.07, 6.45) is 0. The SMILES string of the molecule is COc1ccccc1CNCc1c(Br)ccc(OC)c1OCC(=O)Nc1ccc(C)cc1. The second kappa shape index (κ2) is 11.5. The molecule has 0 bridgehead atoms. The summed E-state index contributed by atoms with van der Waals surface area (Å²) in [5.74, 6) is 1.66. The summed E-state index contributed by atoms with van der Waals surface area (Å²) < 4.78 is 17.7. The fourth-order valence-corrected chi connectivity index (χ4v) is 3.66. The second-order valence-electron chi connectivity index (χ2n) is 7.18. The highest BCUT2D eigenvalue weighted by Crippen LogP contribution is 2.36. The first-order valence-electron chi connectivity index (χ1n) is 10.2. The largest absolute Gasteiger partial charge is 0.496 e. The molecule has 0 aromatic heterocycles. The Morgan fingerprint density at radius 1 is 0.906 bits per heavy atom. The first kappa shape index (κ1) is 23.6. The number of para-hydroxylation sites is 1. The maximum absolute atomic E-state index is 12.4. The molecule has 0 spiro atoms. The van der Waals surface area contributed by atoms with E-state index >= 15 is 0 Å². The summed E-state index contributed by atoms with van der Waals surface area (Å²) >= 11 is 3.59. The Bertz CT molecular complexity index is 1050. The van der Waals surface area contributed by atoms with Crippen molar-refractivity contribution in [3.63, 3.8) is 0 Å². The van der Waals surface area contributed by atoms with E-state index in [4.69, 9.17) is 14.2 Å². The molecule has 0 aliphatic heterocycles. The van der Waals surface area contributed by atoms with Crippen LogP contribution < -0.4 is 24.8 Å². The monoisotopic (exact) mass is 498 g/mol. The van der Waals surface area contributed by atoms with Crippen LogP contribution in [0.15, 0.2) is 65.1 Å². The van der Waals surface area contributed by atoms with E-state index in [1.807, 2.05) is 61.5 Å². The minimum atomic E-state index is -0.246. The van der Waals surface area contributed by atoms with E-state index in [0.29, 0.717) is 24.6 Å². The quantitative estimate of drug-likeness (QED) is 0.407. The van der Waals surface area contributed by atoms with Crippen molar-refractivity contribution < 1.29 is 19.0 Å². The van der Waals surface area contributed by atoms with E-state index in [1.165, 1.54) is 0 Å². The topological polar surface area (TPSA) is 68.8 Å². The number of benzene rings is 3. The van der Waals surface area contributed by atoms with Gasteiger partial charge >= 0.3 is 0 Å². The molecule has 0 unspecified atom stereocenters. The van der Waals surface area contributed by atoms with Gasteiger partial charge in [-0.05, 0) is 37.3 Å². The average Bonchev–Trinajstić information content (AvgIpc) is 2.80. The van der Waals surface area contributed by atoms with Gasteiger partial charge in [0.1, 0.15) is 5.75 Å². The molecule has 3 aromatic rings. The number of halogens is 1. The third-order valence-corrected chi connectivity index (χ3v) is 5.62. The van der Waals surface area contributed by atoms with E-state index in [1.54, 1.807) is 20.3 Å². The summed E-state index contributed by atoms with van der Waals surface area (Å²) in [4.78, 5) is 12.4. The highest BCUT2D eigenvalue weighted by Gasteiger charge is 2.16. The Kier molecular flexibility index (Phi) is 8.53. The van der Waals surface area contributed by atoms with E-state index in [9.17, 15) is 4.79 Å². The van der Waals surface area contributed by atoms with Crippen LogP contribution >= 0.6 is 15.9 Å². The van der Waals surface area contributed by atoms with Crippen LogP contribution in [0.4, 0.5) is 5.69 Å². The molecule has 2 N–H and O–H groups in total. The smallest absolute Gasteiger partial charge is 0.262 e. The number of carbonyl (C=O) groups excluding carboxylic acids is 1. The summed E-state index contributed by atoms with van der Waals surface area (Å²) in [5.41, 5.74) is 3.77. The van der Waals surface area contributed by atoms with Crippen LogP contribution in [0, 0.1) is 6.92 Å². The molecule has 1 amide bonds. The van der Waals surface area contributed by atoms with E-state index in [2.05, 4.69) is 26.6 Å². The van der Waals surface area contributed by atoms with Crippen LogP contribution in [0.5, 0.6) is 17.2 Å². The van der Waals surface area contributed by atoms with Crippen molar-refractivity contribution >= 4 is 27.5 Å². The minimum Gasteiger partial charge on any atom is -0.496 e. The molecule has 32 heavy (non-hydrogen) atoms. The van der Waals surface area contributed by atoms with Crippen molar-refractivity contribution in [1.82, 2.24) is 5.32 Å². The number of hydrogen-bond donors (Lipinski definition) is 2. The standard InChI is InChI=1S/C25H27BrN2O4/c1-17-8-10-19(11-9-17)28-24(29)16-32-25-20(21(26)12-13-23(25)31-3)15-27-14-18-6-4-5-7-22(18)30-2/h4-13,27H,14-16H2,1-3H3,(H,28,29). The van der Waals surface area contributed by atoms with Crippen LogP contribution in [0.25, 0.3) is 0 Å². The zero-order valence-electron chi connectivity index (χ0n) is 18.4. The lowest BCUT2D eigenvalue weighted by molar-refractivity contribution is -0.118. The molecule has 0 aliphatic rings. The van der Waals surface area contributed by atoms with Crippen molar-refractivity contribution in [2.45, 2.75) is 20.0 Å². The summed E-state index contributed by atoms with van der Waals surface area (Å²) in [7, 11) is 3.24. The van der Waals surface area contributed by atoms with Gasteiger partial charge in [0.05, 0.1) is 14.2 Å². The zero-order valence-corrected chi connectivity index (χ0v) is 20.0. The van der Waals surface area contributed by atoms with Crippen LogP contribution in [0.1, 0.15) is 16.7 Å². The van der Waals surface area contributed by atoms with E-state index in [-0.39, 0.29) is 12.5 Å². The molecular formula is C25H27BrN2O4. The lowest BCUT2D eigenvalue weighted by atomic mass is 10.1. The molecule has 0 fully saturated rings. The lowest BCUT2D eigenvalue weighted by Crippen LogP contribution is -2.21. The van der Waals surface area contributed by atoms with Gasteiger partial charge in [-0.25, -0.2) is 0 Å². The van der Waals surface area contributed by atoms with Crippen LogP contribution in [0.2, 0.25) is 0 Å². The lowest BCUT2D eigenvalue weighted by Gasteiger charge is -2.17. The van der Waals surface area contributed by atoms with Crippen molar-refractivity contribution in [3.8, 4) is 17.2 Å². The summed E-state index contributed by atoms with van der Waals surface area (Å²) in [6, 6.07) is 19.2. The van der Waals surface area contributed by atoms with Crippen LogP contribution in [0.3, 0.4) is 0 Å². The molecule has 0 aliphatic carbocycles. The normalized spacial score (nSPS) is 10.5. The Labute approximate surface area is 197 Å². The second-order valence-corrected chi connectivity index (χ2v) is 8.03. The molecule has 3 aromatic carbocycles. The third kappa shape index (κ3) is 6.24. The van der Waals surface area contributed by atoms with Gasteiger partial charge in [-0.15, -0.1) is 0 Å². The summed E-state index contributed by atoms with van der Waals surface area (Å²) in [5, 5.41) is 6.25. The molecule has 6 nitrogen and oxygen atoms in total.